The lowest BCUT2D eigenvalue weighted by atomic mass is 9.72. The van der Waals surface area contributed by atoms with Gasteiger partial charge in [-0.1, -0.05) is 28.1 Å². The molecule has 0 unspecified atom stereocenters. The molecule has 0 radical (unpaired) electrons. The Bertz CT molecular complexity index is 407. The van der Waals surface area contributed by atoms with Gasteiger partial charge in [0, 0.05) is 4.47 Å². The predicted molar refractivity (Wildman–Crippen MR) is 74.1 cm³/mol. The maximum atomic E-state index is 11.4. The predicted octanol–water partition coefficient (Wildman–Crippen LogP) is 2.33. The molecular formula is C12H16BrClN2O. The molecule has 3 nitrogen and oxygen atoms in total. The van der Waals surface area contributed by atoms with Gasteiger partial charge in [-0.15, -0.1) is 12.4 Å². The van der Waals surface area contributed by atoms with Gasteiger partial charge in [0.05, 0.1) is 12.1 Å². The van der Waals surface area contributed by atoms with E-state index in [0.717, 1.165) is 29.3 Å². The number of carbonyl (C=O) groups excluding carboxylic acids is 1. The van der Waals surface area contributed by atoms with E-state index in [4.69, 9.17) is 5.73 Å². The molecule has 0 atom stereocenters. The van der Waals surface area contributed by atoms with Gasteiger partial charge < -0.3 is 11.1 Å². The number of amides is 1. The molecule has 17 heavy (non-hydrogen) atoms. The average molecular weight is 320 g/mol. The molecule has 0 heterocycles. The van der Waals surface area contributed by atoms with Crippen molar-refractivity contribution in [3.05, 3.63) is 34.3 Å². The minimum atomic E-state index is -0.180. The summed E-state index contributed by atoms with van der Waals surface area (Å²) in [5.41, 5.74) is 6.33. The van der Waals surface area contributed by atoms with Crippen LogP contribution in [0.2, 0.25) is 0 Å². The van der Waals surface area contributed by atoms with Crippen LogP contribution in [0.1, 0.15) is 24.8 Å². The van der Waals surface area contributed by atoms with Gasteiger partial charge in [0.25, 0.3) is 0 Å². The Kier molecular flexibility index (Phi) is 4.98. The molecule has 0 bridgehead atoms. The summed E-state index contributed by atoms with van der Waals surface area (Å²) in [5, 5.41) is 3.04. The van der Waals surface area contributed by atoms with E-state index in [2.05, 4.69) is 33.4 Å². The summed E-state index contributed by atoms with van der Waals surface area (Å²) in [6, 6.07) is 8.10. The number of nitrogens with two attached hydrogens (primary N) is 1. The molecule has 3 N–H and O–H groups in total. The van der Waals surface area contributed by atoms with Crippen LogP contribution in [0, 0.1) is 0 Å². The van der Waals surface area contributed by atoms with Gasteiger partial charge in [0.15, 0.2) is 0 Å². The fourth-order valence-corrected chi connectivity index (χ4v) is 2.52. The maximum absolute atomic E-state index is 11.4. The average Bonchev–Trinajstić information content (AvgIpc) is 2.23. The van der Waals surface area contributed by atoms with Crippen LogP contribution in [0.15, 0.2) is 28.7 Å². The Morgan fingerprint density at radius 1 is 1.47 bits per heavy atom. The van der Waals surface area contributed by atoms with Crippen molar-refractivity contribution < 1.29 is 4.79 Å². The number of carbonyl (C=O) groups is 1. The molecule has 1 saturated carbocycles. The fraction of sp³-hybridized carbons (Fsp3) is 0.417. The Hall–Kier alpha value is -0.580. The maximum Gasteiger partial charge on any atom is 0.234 e. The fourth-order valence-electron chi connectivity index (χ4n) is 2.12. The summed E-state index contributed by atoms with van der Waals surface area (Å²) < 4.78 is 1.04. The van der Waals surface area contributed by atoms with E-state index in [1.807, 2.05) is 12.1 Å². The minimum Gasteiger partial charge on any atom is -0.345 e. The molecule has 2 rings (SSSR count). The summed E-state index contributed by atoms with van der Waals surface area (Å²) in [5.74, 6) is -0.0836. The first-order valence-electron chi connectivity index (χ1n) is 5.43. The Morgan fingerprint density at radius 3 is 2.65 bits per heavy atom. The van der Waals surface area contributed by atoms with Crippen molar-refractivity contribution in [2.24, 2.45) is 5.73 Å². The van der Waals surface area contributed by atoms with Crippen molar-refractivity contribution in [3.8, 4) is 0 Å². The van der Waals surface area contributed by atoms with Crippen molar-refractivity contribution in [3.63, 3.8) is 0 Å². The van der Waals surface area contributed by atoms with Gasteiger partial charge in [0.2, 0.25) is 5.91 Å². The monoisotopic (exact) mass is 318 g/mol. The summed E-state index contributed by atoms with van der Waals surface area (Å²) in [6.45, 7) is 0.0513. The highest BCUT2D eigenvalue weighted by molar-refractivity contribution is 9.10. The SMILES string of the molecule is Cl.NCC(=O)NC1(c2cccc(Br)c2)CCC1. The second kappa shape index (κ2) is 5.85. The summed E-state index contributed by atoms with van der Waals surface area (Å²) >= 11 is 3.45. The largest absolute Gasteiger partial charge is 0.345 e. The van der Waals surface area contributed by atoms with Gasteiger partial charge in [-0.2, -0.15) is 0 Å². The van der Waals surface area contributed by atoms with E-state index < -0.39 is 0 Å². The molecule has 1 aromatic rings. The van der Waals surface area contributed by atoms with Crippen LogP contribution in [-0.2, 0) is 10.3 Å². The normalized spacial score (nSPS) is 16.6. The molecule has 1 amide bonds. The van der Waals surface area contributed by atoms with Crippen molar-refractivity contribution in [1.29, 1.82) is 0 Å². The van der Waals surface area contributed by atoms with Crippen molar-refractivity contribution in [1.82, 2.24) is 5.32 Å². The lowest BCUT2D eigenvalue weighted by Gasteiger charge is -2.43. The highest BCUT2D eigenvalue weighted by Gasteiger charge is 2.39. The van der Waals surface area contributed by atoms with E-state index in [1.54, 1.807) is 0 Å². The molecule has 0 spiro atoms. The zero-order valence-corrected chi connectivity index (χ0v) is 11.8. The van der Waals surface area contributed by atoms with E-state index >= 15 is 0 Å². The van der Waals surface area contributed by atoms with Gasteiger partial charge >= 0.3 is 0 Å². The smallest absolute Gasteiger partial charge is 0.234 e. The first kappa shape index (κ1) is 14.5. The van der Waals surface area contributed by atoms with Crippen molar-refractivity contribution in [2.75, 3.05) is 6.54 Å². The first-order valence-corrected chi connectivity index (χ1v) is 6.23. The summed E-state index contributed by atoms with van der Waals surface area (Å²) in [4.78, 5) is 11.4. The second-order valence-corrected chi connectivity index (χ2v) is 5.11. The number of halogens is 2. The number of hydrogen-bond acceptors (Lipinski definition) is 2. The number of nitrogens with one attached hydrogen (secondary N) is 1. The van der Waals surface area contributed by atoms with E-state index in [-0.39, 0.29) is 30.4 Å². The minimum absolute atomic E-state index is 0. The van der Waals surface area contributed by atoms with E-state index in [0.29, 0.717) is 0 Å². The zero-order valence-electron chi connectivity index (χ0n) is 9.41. The van der Waals surface area contributed by atoms with E-state index in [9.17, 15) is 4.79 Å². The molecule has 0 aliphatic heterocycles. The van der Waals surface area contributed by atoms with Crippen LogP contribution in [0.3, 0.4) is 0 Å². The van der Waals surface area contributed by atoms with Crippen LogP contribution >= 0.6 is 28.3 Å². The lowest BCUT2D eigenvalue weighted by molar-refractivity contribution is -0.122. The zero-order chi connectivity index (χ0) is 11.6. The lowest BCUT2D eigenvalue weighted by Crippen LogP contribution is -2.52. The van der Waals surface area contributed by atoms with Crippen LogP contribution in [0.4, 0.5) is 0 Å². The van der Waals surface area contributed by atoms with Crippen molar-refractivity contribution in [2.45, 2.75) is 24.8 Å². The molecule has 94 valence electrons. The van der Waals surface area contributed by atoms with Crippen LogP contribution in [0.25, 0.3) is 0 Å². The molecule has 0 aromatic heterocycles. The molecule has 1 aromatic carbocycles. The Morgan fingerprint density at radius 2 is 2.18 bits per heavy atom. The van der Waals surface area contributed by atoms with Crippen molar-refractivity contribution >= 4 is 34.2 Å². The van der Waals surface area contributed by atoms with Gasteiger partial charge in [0.1, 0.15) is 0 Å². The van der Waals surface area contributed by atoms with Gasteiger partial charge in [-0.05, 0) is 37.0 Å². The third kappa shape index (κ3) is 3.00. The highest BCUT2D eigenvalue weighted by Crippen LogP contribution is 2.41. The Labute approximate surface area is 116 Å². The second-order valence-electron chi connectivity index (χ2n) is 4.20. The number of benzene rings is 1. The van der Waals surface area contributed by atoms with Crippen LogP contribution in [-0.4, -0.2) is 12.5 Å². The molecule has 5 heteroatoms. The molecule has 1 aliphatic carbocycles. The molecule has 1 fully saturated rings. The highest BCUT2D eigenvalue weighted by atomic mass is 79.9. The third-order valence-corrected chi connectivity index (χ3v) is 3.64. The van der Waals surface area contributed by atoms with Crippen LogP contribution < -0.4 is 11.1 Å². The first-order chi connectivity index (χ1) is 7.66. The van der Waals surface area contributed by atoms with Crippen LogP contribution in [0.5, 0.6) is 0 Å². The topological polar surface area (TPSA) is 55.1 Å². The third-order valence-electron chi connectivity index (χ3n) is 3.15. The number of rotatable bonds is 3. The summed E-state index contributed by atoms with van der Waals surface area (Å²) in [7, 11) is 0. The molecular weight excluding hydrogens is 304 g/mol. The molecule has 0 saturated heterocycles. The van der Waals surface area contributed by atoms with Gasteiger partial charge in [-0.25, -0.2) is 0 Å². The Balaban J connectivity index is 0.00000144. The standard InChI is InChI=1S/C12H15BrN2O.ClH/c13-10-4-1-3-9(7-10)12(5-2-6-12)15-11(16)8-14;/h1,3-4,7H,2,5-6,8,14H2,(H,15,16);1H. The van der Waals surface area contributed by atoms with E-state index in [1.165, 1.54) is 0 Å². The quantitative estimate of drug-likeness (QED) is 0.898. The van der Waals surface area contributed by atoms with Gasteiger partial charge in [-0.3, -0.25) is 4.79 Å². The number of hydrogen-bond donors (Lipinski definition) is 2. The molecule has 1 aliphatic rings. The summed E-state index contributed by atoms with van der Waals surface area (Å²) in [6.07, 6.45) is 3.14.